The normalized spacial score (nSPS) is 12.2. The second-order valence-corrected chi connectivity index (χ2v) is 6.19. The summed E-state index contributed by atoms with van der Waals surface area (Å²) in [5.74, 6) is -0.271. The molecule has 2 rings (SSSR count). The molecule has 1 aromatic heterocycles. The number of thiazole rings is 1. The Morgan fingerprint density at radius 3 is 2.73 bits per heavy atom. The fourth-order valence-corrected chi connectivity index (χ4v) is 3.24. The van der Waals surface area contributed by atoms with E-state index in [1.165, 1.54) is 23.5 Å². The smallest absolute Gasteiger partial charge is 0.220 e. The number of carbonyl (C=O) groups excluding carboxylic acids is 1. The van der Waals surface area contributed by atoms with Crippen molar-refractivity contribution in [2.24, 2.45) is 5.73 Å². The summed E-state index contributed by atoms with van der Waals surface area (Å²) >= 11 is 1.52. The Bertz CT molecular complexity index is 639. The van der Waals surface area contributed by atoms with Gasteiger partial charge >= 0.3 is 0 Å². The van der Waals surface area contributed by atoms with Crippen LogP contribution in [0.15, 0.2) is 24.3 Å². The van der Waals surface area contributed by atoms with E-state index in [9.17, 15) is 9.18 Å². The van der Waals surface area contributed by atoms with Crippen molar-refractivity contribution >= 4 is 17.2 Å². The van der Waals surface area contributed by atoms with Crippen molar-refractivity contribution < 1.29 is 9.18 Å². The topological polar surface area (TPSA) is 68.0 Å². The van der Waals surface area contributed by atoms with Gasteiger partial charge in [-0.15, -0.1) is 11.3 Å². The number of nitrogens with one attached hydrogen (secondary N) is 1. The quantitative estimate of drug-likeness (QED) is 0.858. The zero-order chi connectivity index (χ0) is 16.1. The fourth-order valence-electron chi connectivity index (χ4n) is 2.17. The predicted molar refractivity (Wildman–Crippen MR) is 87.1 cm³/mol. The highest BCUT2D eigenvalue weighted by molar-refractivity contribution is 7.15. The van der Waals surface area contributed by atoms with Gasteiger partial charge in [0.15, 0.2) is 0 Å². The van der Waals surface area contributed by atoms with Crippen LogP contribution in [-0.2, 0) is 4.79 Å². The summed E-state index contributed by atoms with van der Waals surface area (Å²) in [6.07, 6.45) is 1.12. The van der Waals surface area contributed by atoms with Crippen molar-refractivity contribution in [1.82, 2.24) is 10.3 Å². The van der Waals surface area contributed by atoms with Crippen LogP contribution < -0.4 is 11.1 Å². The number of nitrogens with two attached hydrogens (primary N) is 1. The van der Waals surface area contributed by atoms with E-state index in [-0.39, 0.29) is 17.8 Å². The van der Waals surface area contributed by atoms with Crippen LogP contribution in [0.2, 0.25) is 0 Å². The second kappa shape index (κ2) is 7.47. The summed E-state index contributed by atoms with van der Waals surface area (Å²) in [5, 5.41) is 3.79. The van der Waals surface area contributed by atoms with Gasteiger partial charge in [-0.25, -0.2) is 9.37 Å². The summed E-state index contributed by atoms with van der Waals surface area (Å²) in [4.78, 5) is 17.3. The van der Waals surface area contributed by atoms with Crippen LogP contribution in [0, 0.1) is 12.7 Å². The maximum atomic E-state index is 13.0. The van der Waals surface area contributed by atoms with E-state index in [0.29, 0.717) is 19.4 Å². The van der Waals surface area contributed by atoms with Crippen molar-refractivity contribution in [3.05, 3.63) is 40.7 Å². The Morgan fingerprint density at radius 2 is 2.09 bits per heavy atom. The summed E-state index contributed by atoms with van der Waals surface area (Å²) in [5.41, 5.74) is 7.17. The maximum Gasteiger partial charge on any atom is 0.220 e. The average molecular weight is 321 g/mol. The monoisotopic (exact) mass is 321 g/mol. The molecule has 1 heterocycles. The van der Waals surface area contributed by atoms with Gasteiger partial charge in [0.2, 0.25) is 5.91 Å². The lowest BCUT2D eigenvalue weighted by atomic mass is 10.2. The number of hydrogen-bond donors (Lipinski definition) is 2. The van der Waals surface area contributed by atoms with E-state index >= 15 is 0 Å². The molecule has 0 fully saturated rings. The molecular formula is C16H20FN3OS. The lowest BCUT2D eigenvalue weighted by molar-refractivity contribution is -0.121. The van der Waals surface area contributed by atoms with Crippen molar-refractivity contribution in [2.45, 2.75) is 32.7 Å². The first-order valence-corrected chi connectivity index (χ1v) is 8.05. The molecule has 1 aromatic carbocycles. The Labute approximate surface area is 133 Å². The summed E-state index contributed by atoms with van der Waals surface area (Å²) < 4.78 is 13.0. The highest BCUT2D eigenvalue weighted by atomic mass is 32.1. The lowest BCUT2D eigenvalue weighted by Gasteiger charge is -2.12. The molecule has 0 saturated heterocycles. The first-order valence-electron chi connectivity index (χ1n) is 7.24. The predicted octanol–water partition coefficient (Wildman–Crippen LogP) is 3.17. The molecule has 1 unspecified atom stereocenters. The molecule has 0 aliphatic rings. The zero-order valence-electron chi connectivity index (χ0n) is 12.7. The standard InChI is InChI=1S/C16H20FN3OS/c1-10(19-14(21)4-3-9-18)15-11(2)20-16(22-15)12-5-7-13(17)8-6-12/h5-8,10H,3-4,9,18H2,1-2H3,(H,19,21). The van der Waals surface area contributed by atoms with Crippen LogP contribution in [0.1, 0.15) is 36.4 Å². The molecule has 6 heteroatoms. The number of hydrogen-bond acceptors (Lipinski definition) is 4. The van der Waals surface area contributed by atoms with Gasteiger partial charge in [-0.3, -0.25) is 4.79 Å². The number of rotatable bonds is 6. The number of benzene rings is 1. The Balaban J connectivity index is 2.12. The molecule has 1 amide bonds. The second-order valence-electron chi connectivity index (χ2n) is 5.16. The van der Waals surface area contributed by atoms with E-state index in [1.807, 2.05) is 13.8 Å². The highest BCUT2D eigenvalue weighted by Gasteiger charge is 2.17. The van der Waals surface area contributed by atoms with E-state index in [4.69, 9.17) is 5.73 Å². The average Bonchev–Trinajstić information content (AvgIpc) is 2.88. The Hall–Kier alpha value is -1.79. The van der Waals surface area contributed by atoms with Crippen molar-refractivity contribution in [1.29, 1.82) is 0 Å². The third kappa shape index (κ3) is 4.11. The van der Waals surface area contributed by atoms with Crippen molar-refractivity contribution in [3.63, 3.8) is 0 Å². The number of amides is 1. The molecule has 0 spiro atoms. The molecule has 3 N–H and O–H groups in total. The van der Waals surface area contributed by atoms with Crippen molar-refractivity contribution in [2.75, 3.05) is 6.54 Å². The SMILES string of the molecule is Cc1nc(-c2ccc(F)cc2)sc1C(C)NC(=O)CCCN. The van der Waals surface area contributed by atoms with Gasteiger partial charge < -0.3 is 11.1 Å². The first-order chi connectivity index (χ1) is 10.5. The molecule has 0 aliphatic heterocycles. The van der Waals surface area contributed by atoms with Crippen LogP contribution in [-0.4, -0.2) is 17.4 Å². The van der Waals surface area contributed by atoms with E-state index in [2.05, 4.69) is 10.3 Å². The molecule has 22 heavy (non-hydrogen) atoms. The summed E-state index contributed by atoms with van der Waals surface area (Å²) in [6.45, 7) is 4.37. The minimum Gasteiger partial charge on any atom is -0.349 e. The number of aromatic nitrogens is 1. The van der Waals surface area contributed by atoms with Gasteiger partial charge in [0.1, 0.15) is 10.8 Å². The van der Waals surface area contributed by atoms with E-state index in [0.717, 1.165) is 21.1 Å². The van der Waals surface area contributed by atoms with Crippen molar-refractivity contribution in [3.8, 4) is 10.6 Å². The van der Waals surface area contributed by atoms with Crippen LogP contribution >= 0.6 is 11.3 Å². The van der Waals surface area contributed by atoms with Crippen LogP contribution in [0.5, 0.6) is 0 Å². The van der Waals surface area contributed by atoms with E-state index < -0.39 is 0 Å². The Morgan fingerprint density at radius 1 is 1.41 bits per heavy atom. The lowest BCUT2D eigenvalue weighted by Crippen LogP contribution is -2.26. The number of nitrogens with zero attached hydrogens (tertiary/aromatic N) is 1. The van der Waals surface area contributed by atoms with E-state index in [1.54, 1.807) is 12.1 Å². The number of aryl methyl sites for hydroxylation is 1. The third-order valence-electron chi connectivity index (χ3n) is 3.30. The highest BCUT2D eigenvalue weighted by Crippen LogP contribution is 2.31. The van der Waals surface area contributed by atoms with Crippen LogP contribution in [0.3, 0.4) is 0 Å². The Kier molecular flexibility index (Phi) is 5.63. The molecule has 2 aromatic rings. The maximum absolute atomic E-state index is 13.0. The van der Waals surface area contributed by atoms with Gasteiger partial charge in [0, 0.05) is 12.0 Å². The minimum absolute atomic E-state index is 0.00548. The molecule has 0 bridgehead atoms. The molecule has 0 radical (unpaired) electrons. The number of carbonyl (C=O) groups is 1. The van der Waals surface area contributed by atoms with Gasteiger partial charge in [-0.1, -0.05) is 0 Å². The minimum atomic E-state index is -0.266. The molecular weight excluding hydrogens is 301 g/mol. The summed E-state index contributed by atoms with van der Waals surface area (Å²) in [6, 6.07) is 6.16. The molecule has 0 aliphatic carbocycles. The van der Waals surface area contributed by atoms with Gasteiger partial charge in [0.05, 0.1) is 16.6 Å². The zero-order valence-corrected chi connectivity index (χ0v) is 13.5. The van der Waals surface area contributed by atoms with Gasteiger partial charge in [-0.2, -0.15) is 0 Å². The first kappa shape index (κ1) is 16.6. The van der Waals surface area contributed by atoms with Gasteiger partial charge in [0.25, 0.3) is 0 Å². The number of halogens is 1. The van der Waals surface area contributed by atoms with Gasteiger partial charge in [-0.05, 0) is 51.1 Å². The molecule has 0 saturated carbocycles. The third-order valence-corrected chi connectivity index (χ3v) is 4.69. The summed E-state index contributed by atoms with van der Waals surface area (Å²) in [7, 11) is 0. The molecule has 118 valence electrons. The van der Waals surface area contributed by atoms with Crippen LogP contribution in [0.4, 0.5) is 4.39 Å². The van der Waals surface area contributed by atoms with Crippen LogP contribution in [0.25, 0.3) is 10.6 Å². The largest absolute Gasteiger partial charge is 0.349 e. The molecule has 4 nitrogen and oxygen atoms in total. The molecule has 1 atom stereocenters. The fraction of sp³-hybridized carbons (Fsp3) is 0.375.